The maximum absolute atomic E-state index is 12.9. The number of allylic oxidation sites excluding steroid dienone is 4. The van der Waals surface area contributed by atoms with Crippen molar-refractivity contribution >= 4 is 11.6 Å². The van der Waals surface area contributed by atoms with Crippen molar-refractivity contribution in [3.63, 3.8) is 0 Å². The molecule has 0 aliphatic rings. The average Bonchev–Trinajstić information content (AvgIpc) is 2.56. The van der Waals surface area contributed by atoms with Gasteiger partial charge in [-0.1, -0.05) is 44.1 Å². The van der Waals surface area contributed by atoms with E-state index in [2.05, 4.69) is 0 Å². The summed E-state index contributed by atoms with van der Waals surface area (Å²) >= 11 is 0. The number of carbonyl (C=O) groups is 2. The topological polar surface area (TPSA) is 94.8 Å². The lowest BCUT2D eigenvalue weighted by molar-refractivity contribution is -0.126. The number of hydrogen-bond donors (Lipinski definition) is 3. The number of carbonyl (C=O) groups excluding carboxylic acids is 2. The SMILES string of the molecule is CC(C)=CCC(O)[C@](C)(O)/C(O)=C(/C(=O)C(C)C)C(=O)[C@H](C)CC=C(C)C. The molecule has 0 aromatic rings. The fourth-order valence-corrected chi connectivity index (χ4v) is 2.40. The first-order valence-electron chi connectivity index (χ1n) is 9.42. The van der Waals surface area contributed by atoms with E-state index in [4.69, 9.17) is 0 Å². The van der Waals surface area contributed by atoms with Gasteiger partial charge in [0.1, 0.15) is 16.9 Å². The van der Waals surface area contributed by atoms with Crippen LogP contribution < -0.4 is 0 Å². The van der Waals surface area contributed by atoms with Crippen molar-refractivity contribution in [3.8, 4) is 0 Å². The van der Waals surface area contributed by atoms with Crippen LogP contribution in [0.5, 0.6) is 0 Å². The van der Waals surface area contributed by atoms with E-state index in [-0.39, 0.29) is 6.42 Å². The first-order chi connectivity index (χ1) is 12.2. The van der Waals surface area contributed by atoms with Crippen molar-refractivity contribution in [2.24, 2.45) is 11.8 Å². The van der Waals surface area contributed by atoms with Gasteiger partial charge >= 0.3 is 0 Å². The van der Waals surface area contributed by atoms with Gasteiger partial charge in [0.25, 0.3) is 0 Å². The zero-order valence-corrected chi connectivity index (χ0v) is 18.0. The van der Waals surface area contributed by atoms with Gasteiger partial charge in [0, 0.05) is 11.8 Å². The van der Waals surface area contributed by atoms with Crippen LogP contribution in [-0.2, 0) is 9.59 Å². The molecule has 1 unspecified atom stereocenters. The Kier molecular flexibility index (Phi) is 9.90. The number of Topliss-reactive ketones (excluding diaryl/α,β-unsaturated/α-hetero) is 2. The van der Waals surface area contributed by atoms with Gasteiger partial charge in [-0.3, -0.25) is 9.59 Å². The average molecular weight is 381 g/mol. The zero-order valence-electron chi connectivity index (χ0n) is 18.0. The van der Waals surface area contributed by atoms with Gasteiger partial charge in [0.15, 0.2) is 11.6 Å². The highest BCUT2D eigenvalue weighted by Gasteiger charge is 2.40. The quantitative estimate of drug-likeness (QED) is 0.175. The lowest BCUT2D eigenvalue weighted by Gasteiger charge is -2.30. The summed E-state index contributed by atoms with van der Waals surface area (Å²) in [6.07, 6.45) is 2.76. The monoisotopic (exact) mass is 380 g/mol. The molecule has 5 nitrogen and oxygen atoms in total. The molecule has 154 valence electrons. The van der Waals surface area contributed by atoms with Crippen LogP contribution in [0.1, 0.15) is 68.2 Å². The van der Waals surface area contributed by atoms with E-state index in [1.807, 2.05) is 33.8 Å². The second-order valence-corrected chi connectivity index (χ2v) is 8.21. The molecular weight excluding hydrogens is 344 g/mol. The Bertz CT molecular complexity index is 627. The van der Waals surface area contributed by atoms with Crippen molar-refractivity contribution in [2.45, 2.75) is 79.9 Å². The maximum Gasteiger partial charge on any atom is 0.173 e. The lowest BCUT2D eigenvalue weighted by atomic mass is 9.83. The number of aliphatic hydroxyl groups excluding tert-OH is 2. The molecule has 0 aromatic heterocycles. The fraction of sp³-hybridized carbons (Fsp3) is 0.636. The third-order valence-electron chi connectivity index (χ3n) is 4.46. The summed E-state index contributed by atoms with van der Waals surface area (Å²) in [6.45, 7) is 13.7. The second kappa shape index (κ2) is 10.6. The third-order valence-corrected chi connectivity index (χ3v) is 4.46. The molecule has 0 saturated heterocycles. The van der Waals surface area contributed by atoms with Crippen LogP contribution in [0.2, 0.25) is 0 Å². The van der Waals surface area contributed by atoms with Crippen molar-refractivity contribution in [3.05, 3.63) is 34.6 Å². The Morgan fingerprint density at radius 2 is 1.37 bits per heavy atom. The number of rotatable bonds is 10. The fourth-order valence-electron chi connectivity index (χ4n) is 2.40. The van der Waals surface area contributed by atoms with Crippen LogP contribution >= 0.6 is 0 Å². The number of hydrogen-bond acceptors (Lipinski definition) is 5. The predicted molar refractivity (Wildman–Crippen MR) is 108 cm³/mol. The Morgan fingerprint density at radius 1 is 0.926 bits per heavy atom. The van der Waals surface area contributed by atoms with Gasteiger partial charge in [-0.25, -0.2) is 0 Å². The van der Waals surface area contributed by atoms with Gasteiger partial charge in [-0.05, 0) is 47.5 Å². The molecule has 0 saturated carbocycles. The minimum Gasteiger partial charge on any atom is -0.508 e. The molecule has 0 radical (unpaired) electrons. The van der Waals surface area contributed by atoms with Crippen LogP contribution in [0.25, 0.3) is 0 Å². The largest absolute Gasteiger partial charge is 0.508 e. The molecule has 0 aromatic carbocycles. The zero-order chi connectivity index (χ0) is 21.5. The molecule has 0 fully saturated rings. The van der Waals surface area contributed by atoms with Crippen LogP contribution in [0, 0.1) is 11.8 Å². The van der Waals surface area contributed by atoms with E-state index in [1.165, 1.54) is 6.92 Å². The van der Waals surface area contributed by atoms with E-state index in [0.717, 1.165) is 11.1 Å². The van der Waals surface area contributed by atoms with Gasteiger partial charge in [-0.2, -0.15) is 0 Å². The molecule has 0 heterocycles. The summed E-state index contributed by atoms with van der Waals surface area (Å²) in [5, 5.41) is 31.7. The summed E-state index contributed by atoms with van der Waals surface area (Å²) in [5.41, 5.74) is -0.541. The molecule has 0 rings (SSSR count). The highest BCUT2D eigenvalue weighted by molar-refractivity contribution is 6.21. The Balaban J connectivity index is 6.10. The summed E-state index contributed by atoms with van der Waals surface area (Å²) in [7, 11) is 0. The van der Waals surface area contributed by atoms with E-state index in [9.17, 15) is 24.9 Å². The van der Waals surface area contributed by atoms with Gasteiger partial charge in [-0.15, -0.1) is 0 Å². The first kappa shape index (κ1) is 25.3. The highest BCUT2D eigenvalue weighted by atomic mass is 16.4. The highest BCUT2D eigenvalue weighted by Crippen LogP contribution is 2.28. The molecule has 3 N–H and O–H groups in total. The molecule has 0 spiro atoms. The number of ketones is 2. The summed E-state index contributed by atoms with van der Waals surface area (Å²) < 4.78 is 0. The van der Waals surface area contributed by atoms with Gasteiger partial charge < -0.3 is 15.3 Å². The molecule has 0 aliphatic heterocycles. The standard InChI is InChI=1S/C22H36O5/c1-13(2)9-11-16(7)20(25)18(19(24)15(5)6)21(26)22(8,27)17(23)12-10-14(3)4/h9-10,15-17,23,26-27H,11-12H2,1-8H3/b21-18+/t16-,17?,22+/m1/s1. The van der Waals surface area contributed by atoms with Crippen LogP contribution in [-0.4, -0.2) is 38.6 Å². The van der Waals surface area contributed by atoms with Crippen molar-refractivity contribution in [1.29, 1.82) is 0 Å². The normalized spacial score (nSPS) is 16.7. The van der Waals surface area contributed by atoms with E-state index in [0.29, 0.717) is 6.42 Å². The molecular formula is C22H36O5. The Morgan fingerprint density at radius 3 is 1.78 bits per heavy atom. The smallest absolute Gasteiger partial charge is 0.173 e. The molecule has 3 atom stereocenters. The van der Waals surface area contributed by atoms with Crippen LogP contribution in [0.3, 0.4) is 0 Å². The molecule has 0 bridgehead atoms. The Hall–Kier alpha value is -1.72. The molecule has 0 aliphatic carbocycles. The van der Waals surface area contributed by atoms with Crippen LogP contribution in [0.15, 0.2) is 34.6 Å². The van der Waals surface area contributed by atoms with Gasteiger partial charge in [0.05, 0.1) is 6.10 Å². The summed E-state index contributed by atoms with van der Waals surface area (Å²) in [6, 6.07) is 0. The predicted octanol–water partition coefficient (Wildman–Crippen LogP) is 4.05. The maximum atomic E-state index is 12.9. The summed E-state index contributed by atoms with van der Waals surface area (Å²) in [5.74, 6) is -2.91. The third kappa shape index (κ3) is 7.43. The van der Waals surface area contributed by atoms with Crippen molar-refractivity contribution in [1.82, 2.24) is 0 Å². The number of aliphatic hydroxyl groups is 3. The first-order valence-corrected chi connectivity index (χ1v) is 9.42. The lowest BCUT2D eigenvalue weighted by Crippen LogP contribution is -2.43. The van der Waals surface area contributed by atoms with Crippen molar-refractivity contribution in [2.75, 3.05) is 0 Å². The van der Waals surface area contributed by atoms with Gasteiger partial charge in [0.2, 0.25) is 0 Å². The van der Waals surface area contributed by atoms with E-state index < -0.39 is 46.4 Å². The molecule has 27 heavy (non-hydrogen) atoms. The van der Waals surface area contributed by atoms with Crippen LogP contribution in [0.4, 0.5) is 0 Å². The Labute approximate surface area is 163 Å². The molecule has 5 heteroatoms. The summed E-state index contributed by atoms with van der Waals surface area (Å²) in [4.78, 5) is 25.6. The minimum atomic E-state index is -2.11. The van der Waals surface area contributed by atoms with E-state index >= 15 is 0 Å². The van der Waals surface area contributed by atoms with Crippen molar-refractivity contribution < 1.29 is 24.9 Å². The molecule has 0 amide bonds. The second-order valence-electron chi connectivity index (χ2n) is 8.21. The minimum absolute atomic E-state index is 0.0874. The van der Waals surface area contributed by atoms with E-state index in [1.54, 1.807) is 26.8 Å².